The summed E-state index contributed by atoms with van der Waals surface area (Å²) < 4.78 is 38.0. The van der Waals surface area contributed by atoms with Crippen molar-refractivity contribution < 1.29 is 13.2 Å². The van der Waals surface area contributed by atoms with Gasteiger partial charge in [0.15, 0.2) is 0 Å². The molecule has 118 valence electrons. The molecule has 1 aliphatic heterocycles. The quantitative estimate of drug-likeness (QED) is 0.787. The molecule has 0 aliphatic carbocycles. The lowest BCUT2D eigenvalue weighted by Crippen LogP contribution is -2.49. The average Bonchev–Trinajstić information content (AvgIpc) is 2.41. The smallest absolute Gasteiger partial charge is 0.301 e. The summed E-state index contributed by atoms with van der Waals surface area (Å²) in [7, 11) is 0. The summed E-state index contributed by atoms with van der Waals surface area (Å²) in [5.41, 5.74) is 1.29. The van der Waals surface area contributed by atoms with Crippen LogP contribution in [0.2, 0.25) is 0 Å². The first kappa shape index (κ1) is 16.8. The van der Waals surface area contributed by atoms with Gasteiger partial charge in [-0.05, 0) is 31.0 Å². The summed E-state index contributed by atoms with van der Waals surface area (Å²) in [6.07, 6.45) is -2.06. The van der Waals surface area contributed by atoms with Crippen molar-refractivity contribution in [2.45, 2.75) is 19.0 Å². The molecule has 1 fully saturated rings. The lowest BCUT2D eigenvalue weighted by molar-refractivity contribution is -0.149. The maximum atomic E-state index is 12.3. The van der Waals surface area contributed by atoms with Crippen LogP contribution in [0.4, 0.5) is 13.2 Å². The third-order valence-electron chi connectivity index (χ3n) is 3.75. The van der Waals surface area contributed by atoms with Gasteiger partial charge < -0.3 is 4.90 Å². The Kier molecular flexibility index (Phi) is 6.08. The van der Waals surface area contributed by atoms with Crippen LogP contribution in [0.15, 0.2) is 28.7 Å². The van der Waals surface area contributed by atoms with E-state index in [4.69, 9.17) is 0 Å². The second-order valence-electron chi connectivity index (χ2n) is 5.43. The van der Waals surface area contributed by atoms with Gasteiger partial charge in [0.2, 0.25) is 0 Å². The molecule has 0 radical (unpaired) electrons. The highest BCUT2D eigenvalue weighted by molar-refractivity contribution is 9.10. The molecule has 6 heteroatoms. The summed E-state index contributed by atoms with van der Waals surface area (Å²) in [6, 6.07) is 8.15. The summed E-state index contributed by atoms with van der Waals surface area (Å²) in [5, 5.41) is 0. The summed E-state index contributed by atoms with van der Waals surface area (Å²) in [4.78, 5) is 3.74. The fourth-order valence-electron chi connectivity index (χ4n) is 2.62. The van der Waals surface area contributed by atoms with Crippen molar-refractivity contribution in [2.24, 2.45) is 0 Å². The lowest BCUT2D eigenvalue weighted by atomic mass is 10.1. The SMILES string of the molecule is FC(F)(F)CN1CCN(CCCc2ccccc2Br)CC1. The first-order valence-corrected chi connectivity index (χ1v) is 7.98. The highest BCUT2D eigenvalue weighted by Gasteiger charge is 2.31. The number of rotatable bonds is 5. The second kappa shape index (κ2) is 7.61. The van der Waals surface area contributed by atoms with Crippen LogP contribution < -0.4 is 0 Å². The third-order valence-corrected chi connectivity index (χ3v) is 4.52. The Morgan fingerprint density at radius 3 is 2.24 bits per heavy atom. The van der Waals surface area contributed by atoms with Crippen LogP contribution in [-0.2, 0) is 6.42 Å². The number of halogens is 4. The predicted molar refractivity (Wildman–Crippen MR) is 81.4 cm³/mol. The number of benzene rings is 1. The van der Waals surface area contributed by atoms with Crippen LogP contribution in [0, 0.1) is 0 Å². The van der Waals surface area contributed by atoms with E-state index in [0.717, 1.165) is 36.9 Å². The summed E-state index contributed by atoms with van der Waals surface area (Å²) in [5.74, 6) is 0. The Morgan fingerprint density at radius 2 is 1.62 bits per heavy atom. The maximum absolute atomic E-state index is 12.3. The van der Waals surface area contributed by atoms with Crippen molar-refractivity contribution >= 4 is 15.9 Å². The number of hydrogen-bond donors (Lipinski definition) is 0. The zero-order valence-corrected chi connectivity index (χ0v) is 13.5. The molecule has 0 amide bonds. The van der Waals surface area contributed by atoms with E-state index in [-0.39, 0.29) is 0 Å². The molecule has 0 N–H and O–H groups in total. The van der Waals surface area contributed by atoms with Crippen molar-refractivity contribution in [1.29, 1.82) is 0 Å². The Hall–Kier alpha value is -0.590. The molecule has 2 nitrogen and oxygen atoms in total. The van der Waals surface area contributed by atoms with E-state index < -0.39 is 12.7 Å². The molecule has 0 aromatic heterocycles. The van der Waals surface area contributed by atoms with Crippen LogP contribution in [0.5, 0.6) is 0 Å². The van der Waals surface area contributed by atoms with Gasteiger partial charge in [0.25, 0.3) is 0 Å². The Labute approximate surface area is 132 Å². The molecule has 2 rings (SSSR count). The molecular weight excluding hydrogens is 345 g/mol. The average molecular weight is 365 g/mol. The molecule has 1 aromatic carbocycles. The Bertz CT molecular complexity index is 443. The van der Waals surface area contributed by atoms with Crippen molar-refractivity contribution in [1.82, 2.24) is 9.80 Å². The number of aryl methyl sites for hydroxylation is 1. The highest BCUT2D eigenvalue weighted by Crippen LogP contribution is 2.19. The number of nitrogens with zero attached hydrogens (tertiary/aromatic N) is 2. The number of alkyl halides is 3. The van der Waals surface area contributed by atoms with E-state index in [1.807, 2.05) is 18.2 Å². The zero-order chi connectivity index (χ0) is 15.3. The molecule has 1 aromatic rings. The Balaban J connectivity index is 1.66. The van der Waals surface area contributed by atoms with Gasteiger partial charge in [0.1, 0.15) is 0 Å². The number of hydrogen-bond acceptors (Lipinski definition) is 2. The van der Waals surface area contributed by atoms with E-state index in [2.05, 4.69) is 26.9 Å². The summed E-state index contributed by atoms with van der Waals surface area (Å²) in [6.45, 7) is 2.64. The Morgan fingerprint density at radius 1 is 1.00 bits per heavy atom. The molecule has 1 saturated heterocycles. The van der Waals surface area contributed by atoms with Gasteiger partial charge in [-0.15, -0.1) is 0 Å². The fraction of sp³-hybridized carbons (Fsp3) is 0.600. The molecule has 0 unspecified atom stereocenters. The predicted octanol–water partition coefficient (Wildman–Crippen LogP) is 3.56. The minimum atomic E-state index is -4.08. The molecule has 21 heavy (non-hydrogen) atoms. The van der Waals surface area contributed by atoms with Gasteiger partial charge in [-0.2, -0.15) is 13.2 Å². The topological polar surface area (TPSA) is 6.48 Å². The molecule has 0 atom stereocenters. The van der Waals surface area contributed by atoms with E-state index in [9.17, 15) is 13.2 Å². The fourth-order valence-corrected chi connectivity index (χ4v) is 3.10. The van der Waals surface area contributed by atoms with Crippen molar-refractivity contribution in [3.8, 4) is 0 Å². The monoisotopic (exact) mass is 364 g/mol. The zero-order valence-electron chi connectivity index (χ0n) is 11.9. The van der Waals surface area contributed by atoms with Gasteiger partial charge >= 0.3 is 6.18 Å². The molecular formula is C15H20BrF3N2. The molecule has 0 spiro atoms. The van der Waals surface area contributed by atoms with Crippen LogP contribution in [0.25, 0.3) is 0 Å². The maximum Gasteiger partial charge on any atom is 0.401 e. The summed E-state index contributed by atoms with van der Waals surface area (Å²) >= 11 is 3.53. The normalized spacial score (nSPS) is 18.1. The first-order chi connectivity index (χ1) is 9.94. The van der Waals surface area contributed by atoms with Crippen molar-refractivity contribution in [3.05, 3.63) is 34.3 Å². The minimum absolute atomic E-state index is 0.508. The second-order valence-corrected chi connectivity index (χ2v) is 6.28. The lowest BCUT2D eigenvalue weighted by Gasteiger charge is -2.35. The molecule has 0 saturated carbocycles. The van der Waals surface area contributed by atoms with Crippen LogP contribution in [-0.4, -0.2) is 55.2 Å². The molecule has 1 heterocycles. The number of piperazine rings is 1. The van der Waals surface area contributed by atoms with Crippen molar-refractivity contribution in [3.63, 3.8) is 0 Å². The van der Waals surface area contributed by atoms with E-state index in [1.54, 1.807) is 0 Å². The van der Waals surface area contributed by atoms with Gasteiger partial charge in [0.05, 0.1) is 6.54 Å². The van der Waals surface area contributed by atoms with Gasteiger partial charge in [-0.3, -0.25) is 4.90 Å². The highest BCUT2D eigenvalue weighted by atomic mass is 79.9. The molecule has 0 bridgehead atoms. The standard InChI is InChI=1S/C15H20BrF3N2/c16-14-6-2-1-4-13(14)5-3-7-20-8-10-21(11-9-20)12-15(17,18)19/h1-2,4,6H,3,5,7-12H2. The third kappa shape index (κ3) is 5.96. The van der Waals surface area contributed by atoms with Crippen LogP contribution >= 0.6 is 15.9 Å². The minimum Gasteiger partial charge on any atom is -0.301 e. The molecule has 1 aliphatic rings. The van der Waals surface area contributed by atoms with Crippen LogP contribution in [0.3, 0.4) is 0 Å². The largest absolute Gasteiger partial charge is 0.401 e. The van der Waals surface area contributed by atoms with Gasteiger partial charge in [-0.25, -0.2) is 0 Å². The van der Waals surface area contributed by atoms with E-state index in [1.165, 1.54) is 10.5 Å². The van der Waals surface area contributed by atoms with Crippen molar-refractivity contribution in [2.75, 3.05) is 39.3 Å². The van der Waals surface area contributed by atoms with Crippen LogP contribution in [0.1, 0.15) is 12.0 Å². The van der Waals surface area contributed by atoms with E-state index >= 15 is 0 Å². The first-order valence-electron chi connectivity index (χ1n) is 7.19. The van der Waals surface area contributed by atoms with E-state index in [0.29, 0.717) is 13.1 Å². The van der Waals surface area contributed by atoms with Gasteiger partial charge in [-0.1, -0.05) is 34.1 Å². The van der Waals surface area contributed by atoms with Gasteiger partial charge in [0, 0.05) is 30.7 Å².